The van der Waals surface area contributed by atoms with E-state index in [1.807, 2.05) is 6.07 Å². The average molecular weight is 505 g/mol. The highest BCUT2D eigenvalue weighted by atomic mass is 35.5. The van der Waals surface area contributed by atoms with E-state index in [2.05, 4.69) is 4.98 Å². The van der Waals surface area contributed by atoms with Gasteiger partial charge in [-0.2, -0.15) is 5.26 Å². The lowest BCUT2D eigenvalue weighted by atomic mass is 10.1. The van der Waals surface area contributed by atoms with Crippen LogP contribution in [-0.2, 0) is 28.6 Å². The number of nitriles is 1. The molecule has 1 aliphatic rings. The highest BCUT2D eigenvalue weighted by molar-refractivity contribution is 7.99. The number of ether oxygens (including phenoxy) is 4. The normalized spacial score (nSPS) is 21.6. The van der Waals surface area contributed by atoms with Crippen LogP contribution < -0.4 is 4.74 Å². The Morgan fingerprint density at radius 3 is 2.24 bits per heavy atom. The van der Waals surface area contributed by atoms with E-state index in [1.165, 1.54) is 32.5 Å². The molecule has 0 aliphatic carbocycles. The highest BCUT2D eigenvalue weighted by Crippen LogP contribution is 2.37. The van der Waals surface area contributed by atoms with Crippen molar-refractivity contribution < 1.29 is 33.3 Å². The van der Waals surface area contributed by atoms with Crippen LogP contribution in [0.2, 0.25) is 5.02 Å². The van der Waals surface area contributed by atoms with Crippen molar-refractivity contribution in [2.45, 2.75) is 44.5 Å². The Kier molecular flexibility index (Phi) is 8.36. The van der Waals surface area contributed by atoms with E-state index in [4.69, 9.17) is 35.8 Å². The Hall–Kier alpha value is -3.29. The molecule has 0 spiro atoms. The Morgan fingerprint density at radius 1 is 1.00 bits per heavy atom. The molecular weight excluding hydrogens is 484 g/mol. The van der Waals surface area contributed by atoms with Gasteiger partial charge >= 0.3 is 17.9 Å². The summed E-state index contributed by atoms with van der Waals surface area (Å²) in [5, 5.41) is 9.25. The summed E-state index contributed by atoms with van der Waals surface area (Å²) in [7, 11) is 0. The second kappa shape index (κ2) is 11.2. The summed E-state index contributed by atoms with van der Waals surface area (Å²) in [4.78, 5) is 39.2. The van der Waals surface area contributed by atoms with Crippen LogP contribution in [0.3, 0.4) is 0 Å². The van der Waals surface area contributed by atoms with Crippen LogP contribution in [-0.4, -0.2) is 52.4 Å². The predicted octanol–water partition coefficient (Wildman–Crippen LogP) is 3.52. The quantitative estimate of drug-likeness (QED) is 0.426. The SMILES string of the molecule is CC(=O)O[C@@H]1[C@@H](OC(C)=O)[C@H](OC(C)=O)CS[C@H]1Oc1cc(-c2ccc(C#N)nc2)ccc1Cl. The molecule has 11 heteroatoms. The minimum Gasteiger partial charge on any atom is -0.474 e. The van der Waals surface area contributed by atoms with E-state index in [9.17, 15) is 14.4 Å². The third kappa shape index (κ3) is 6.40. The van der Waals surface area contributed by atoms with Gasteiger partial charge in [-0.05, 0) is 29.8 Å². The maximum absolute atomic E-state index is 11.8. The van der Waals surface area contributed by atoms with Crippen LogP contribution in [0.5, 0.6) is 5.75 Å². The molecule has 1 saturated heterocycles. The average Bonchev–Trinajstić information content (AvgIpc) is 2.78. The molecule has 4 atom stereocenters. The van der Waals surface area contributed by atoms with Crippen molar-refractivity contribution in [1.29, 1.82) is 5.26 Å². The summed E-state index contributed by atoms with van der Waals surface area (Å²) in [5.74, 6) is -1.28. The van der Waals surface area contributed by atoms with Gasteiger partial charge in [0.25, 0.3) is 0 Å². The van der Waals surface area contributed by atoms with E-state index in [0.29, 0.717) is 10.8 Å². The number of rotatable bonds is 6. The molecule has 2 aromatic rings. The van der Waals surface area contributed by atoms with Crippen LogP contribution >= 0.6 is 23.4 Å². The van der Waals surface area contributed by atoms with Gasteiger partial charge in [-0.3, -0.25) is 14.4 Å². The summed E-state index contributed by atoms with van der Waals surface area (Å²) in [6.45, 7) is 3.66. The number of benzene rings is 1. The molecule has 0 saturated carbocycles. The lowest BCUT2D eigenvalue weighted by Crippen LogP contribution is -2.55. The zero-order valence-corrected chi connectivity index (χ0v) is 20.1. The number of hydrogen-bond donors (Lipinski definition) is 0. The topological polar surface area (TPSA) is 125 Å². The van der Waals surface area contributed by atoms with Crippen molar-refractivity contribution in [3.8, 4) is 22.9 Å². The second-order valence-corrected chi connectivity index (χ2v) is 8.84. The van der Waals surface area contributed by atoms with Crippen molar-refractivity contribution in [1.82, 2.24) is 4.98 Å². The van der Waals surface area contributed by atoms with Crippen molar-refractivity contribution >= 4 is 41.3 Å². The molecule has 1 aromatic carbocycles. The fourth-order valence-electron chi connectivity index (χ4n) is 3.34. The molecule has 1 aliphatic heterocycles. The summed E-state index contributed by atoms with van der Waals surface area (Å²) in [6.07, 6.45) is -1.41. The Labute approximate surface area is 205 Å². The van der Waals surface area contributed by atoms with Crippen LogP contribution in [0.4, 0.5) is 0 Å². The number of carbonyl (C=O) groups excluding carboxylic acids is 3. The second-order valence-electron chi connectivity index (χ2n) is 7.30. The number of carbonyl (C=O) groups is 3. The van der Waals surface area contributed by atoms with Crippen LogP contribution in [0.25, 0.3) is 11.1 Å². The molecule has 0 unspecified atom stereocenters. The fraction of sp³-hybridized carbons (Fsp3) is 0.348. The van der Waals surface area contributed by atoms with Gasteiger partial charge in [-0.15, -0.1) is 11.8 Å². The van der Waals surface area contributed by atoms with Gasteiger partial charge in [0.05, 0.1) is 5.02 Å². The molecule has 34 heavy (non-hydrogen) atoms. The van der Waals surface area contributed by atoms with Crippen LogP contribution in [0, 0.1) is 11.3 Å². The molecule has 1 fully saturated rings. The van der Waals surface area contributed by atoms with Gasteiger partial charge in [0.1, 0.15) is 17.5 Å². The van der Waals surface area contributed by atoms with Crippen molar-refractivity contribution in [3.05, 3.63) is 47.2 Å². The number of thioether (sulfide) groups is 1. The van der Waals surface area contributed by atoms with Crippen molar-refractivity contribution in [2.24, 2.45) is 0 Å². The van der Waals surface area contributed by atoms with Gasteiger partial charge in [-0.1, -0.05) is 17.7 Å². The first-order valence-electron chi connectivity index (χ1n) is 10.1. The number of nitrogens with zero attached hydrogens (tertiary/aromatic N) is 2. The van der Waals surface area contributed by atoms with Gasteiger partial charge in [0.2, 0.25) is 0 Å². The molecule has 0 bridgehead atoms. The van der Waals surface area contributed by atoms with E-state index < -0.39 is 41.7 Å². The van der Waals surface area contributed by atoms with Gasteiger partial charge < -0.3 is 18.9 Å². The minimum atomic E-state index is -1.07. The molecular formula is C23H21ClN2O7S. The van der Waals surface area contributed by atoms with E-state index in [0.717, 1.165) is 11.1 Å². The first kappa shape index (κ1) is 25.3. The molecule has 2 heterocycles. The van der Waals surface area contributed by atoms with E-state index in [1.54, 1.807) is 36.5 Å². The third-order valence-electron chi connectivity index (χ3n) is 4.69. The lowest BCUT2D eigenvalue weighted by Gasteiger charge is -2.40. The first-order valence-corrected chi connectivity index (χ1v) is 11.6. The number of pyridine rings is 1. The number of aromatic nitrogens is 1. The summed E-state index contributed by atoms with van der Waals surface area (Å²) < 4.78 is 22.2. The van der Waals surface area contributed by atoms with Gasteiger partial charge in [0, 0.05) is 38.3 Å². The standard InChI is InChI=1S/C23H21ClN2O7S/c1-12(27)30-20-11-34-23(22(32-14(3)29)21(20)31-13(2)28)33-19-8-15(5-7-18(19)24)16-4-6-17(9-25)26-10-16/h4-8,10,20-23H,11H2,1-3H3/t20-,21+,22-,23-/m1/s1. The Bertz CT molecular complexity index is 1120. The van der Waals surface area contributed by atoms with E-state index in [-0.39, 0.29) is 11.4 Å². The summed E-state index contributed by atoms with van der Waals surface area (Å²) >= 11 is 7.60. The van der Waals surface area contributed by atoms with Crippen LogP contribution in [0.15, 0.2) is 36.5 Å². The van der Waals surface area contributed by atoms with Crippen molar-refractivity contribution in [3.63, 3.8) is 0 Å². The maximum Gasteiger partial charge on any atom is 0.303 e. The minimum absolute atomic E-state index is 0.233. The molecule has 1 aromatic heterocycles. The molecule has 0 N–H and O–H groups in total. The molecule has 9 nitrogen and oxygen atoms in total. The maximum atomic E-state index is 11.8. The van der Waals surface area contributed by atoms with Crippen molar-refractivity contribution in [2.75, 3.05) is 5.75 Å². The zero-order valence-electron chi connectivity index (χ0n) is 18.5. The largest absolute Gasteiger partial charge is 0.474 e. The molecule has 0 radical (unpaired) electrons. The Morgan fingerprint density at radius 2 is 1.65 bits per heavy atom. The lowest BCUT2D eigenvalue weighted by molar-refractivity contribution is -0.186. The highest BCUT2D eigenvalue weighted by Gasteiger charge is 2.47. The smallest absolute Gasteiger partial charge is 0.303 e. The van der Waals surface area contributed by atoms with Crippen LogP contribution in [0.1, 0.15) is 26.5 Å². The molecule has 3 rings (SSSR count). The monoisotopic (exact) mass is 504 g/mol. The fourth-order valence-corrected chi connectivity index (χ4v) is 4.71. The van der Waals surface area contributed by atoms with Gasteiger partial charge in [-0.25, -0.2) is 4.98 Å². The first-order chi connectivity index (χ1) is 16.2. The Balaban J connectivity index is 1.91. The molecule has 178 valence electrons. The number of esters is 3. The third-order valence-corrected chi connectivity index (χ3v) is 6.22. The summed E-state index contributed by atoms with van der Waals surface area (Å²) in [6, 6.07) is 10.4. The van der Waals surface area contributed by atoms with E-state index >= 15 is 0 Å². The molecule has 0 amide bonds. The predicted molar refractivity (Wildman–Crippen MR) is 123 cm³/mol. The number of halogens is 1. The van der Waals surface area contributed by atoms with Gasteiger partial charge in [0.15, 0.2) is 23.7 Å². The summed E-state index contributed by atoms with van der Waals surface area (Å²) in [5.41, 5.74) is 0.944. The number of hydrogen-bond acceptors (Lipinski definition) is 10. The zero-order chi connectivity index (χ0) is 24.8.